The molecule has 3 nitrogen and oxygen atoms in total. The Hall–Kier alpha value is -1.12. The van der Waals surface area contributed by atoms with E-state index in [4.69, 9.17) is 0 Å². The van der Waals surface area contributed by atoms with E-state index in [0.717, 1.165) is 49.3 Å². The van der Waals surface area contributed by atoms with Crippen molar-refractivity contribution in [1.29, 1.82) is 0 Å². The zero-order valence-corrected chi connectivity index (χ0v) is 11.9. The standard InChI is InChI=1S/C15H25N3/c1-4-5-14-10-17-15(11-16-14)18-8-6-13(7-9-18)12(2)3/h10-13H,4-9H2,1-3H3. The summed E-state index contributed by atoms with van der Waals surface area (Å²) < 4.78 is 0. The summed E-state index contributed by atoms with van der Waals surface area (Å²) in [6, 6.07) is 0. The van der Waals surface area contributed by atoms with Gasteiger partial charge in [0.05, 0.1) is 18.1 Å². The quantitative estimate of drug-likeness (QED) is 0.817. The Balaban J connectivity index is 1.93. The summed E-state index contributed by atoms with van der Waals surface area (Å²) >= 11 is 0. The van der Waals surface area contributed by atoms with Crippen LogP contribution in [0.15, 0.2) is 12.4 Å². The van der Waals surface area contributed by atoms with Gasteiger partial charge in [0, 0.05) is 13.1 Å². The van der Waals surface area contributed by atoms with Gasteiger partial charge < -0.3 is 4.90 Å². The highest BCUT2D eigenvalue weighted by Gasteiger charge is 2.22. The summed E-state index contributed by atoms with van der Waals surface area (Å²) in [6.45, 7) is 9.10. The summed E-state index contributed by atoms with van der Waals surface area (Å²) in [6.07, 6.45) is 8.62. The first-order chi connectivity index (χ1) is 8.70. The first kappa shape index (κ1) is 13.3. The third-order valence-corrected chi connectivity index (χ3v) is 4.00. The van der Waals surface area contributed by atoms with Gasteiger partial charge in [-0.15, -0.1) is 0 Å². The van der Waals surface area contributed by atoms with Crippen LogP contribution in [-0.2, 0) is 6.42 Å². The molecule has 1 aromatic rings. The van der Waals surface area contributed by atoms with E-state index in [1.54, 1.807) is 0 Å². The van der Waals surface area contributed by atoms with Crippen LogP contribution in [0.5, 0.6) is 0 Å². The van der Waals surface area contributed by atoms with Crippen molar-refractivity contribution >= 4 is 5.82 Å². The molecular formula is C15H25N3. The van der Waals surface area contributed by atoms with Crippen molar-refractivity contribution in [1.82, 2.24) is 9.97 Å². The minimum absolute atomic E-state index is 0.810. The molecule has 0 unspecified atom stereocenters. The number of aryl methyl sites for hydroxylation is 1. The third-order valence-electron chi connectivity index (χ3n) is 4.00. The Morgan fingerprint density at radius 2 is 1.94 bits per heavy atom. The molecule has 0 saturated carbocycles. The van der Waals surface area contributed by atoms with E-state index in [1.807, 2.05) is 12.4 Å². The van der Waals surface area contributed by atoms with Crippen LogP contribution in [0.1, 0.15) is 45.7 Å². The van der Waals surface area contributed by atoms with Crippen molar-refractivity contribution in [3.8, 4) is 0 Å². The zero-order chi connectivity index (χ0) is 13.0. The molecule has 2 rings (SSSR count). The second-order valence-electron chi connectivity index (χ2n) is 5.68. The fourth-order valence-electron chi connectivity index (χ4n) is 2.69. The largest absolute Gasteiger partial charge is 0.355 e. The van der Waals surface area contributed by atoms with Gasteiger partial charge >= 0.3 is 0 Å². The molecule has 100 valence electrons. The molecule has 18 heavy (non-hydrogen) atoms. The number of piperidine rings is 1. The number of anilines is 1. The second kappa shape index (κ2) is 6.17. The van der Waals surface area contributed by atoms with Gasteiger partial charge in [0.25, 0.3) is 0 Å². The predicted molar refractivity (Wildman–Crippen MR) is 75.8 cm³/mol. The first-order valence-corrected chi connectivity index (χ1v) is 7.26. The first-order valence-electron chi connectivity index (χ1n) is 7.26. The number of nitrogens with zero attached hydrogens (tertiary/aromatic N) is 3. The number of rotatable bonds is 4. The van der Waals surface area contributed by atoms with Gasteiger partial charge in [0.1, 0.15) is 5.82 Å². The average molecular weight is 247 g/mol. The second-order valence-corrected chi connectivity index (χ2v) is 5.68. The van der Waals surface area contributed by atoms with E-state index in [1.165, 1.54) is 12.8 Å². The number of aromatic nitrogens is 2. The molecule has 1 aliphatic rings. The molecule has 1 fully saturated rings. The zero-order valence-electron chi connectivity index (χ0n) is 11.9. The van der Waals surface area contributed by atoms with Gasteiger partial charge in [-0.3, -0.25) is 4.98 Å². The van der Waals surface area contributed by atoms with Gasteiger partial charge in [0.2, 0.25) is 0 Å². The Labute approximate surface area is 111 Å². The van der Waals surface area contributed by atoms with Crippen LogP contribution in [0.2, 0.25) is 0 Å². The number of hydrogen-bond donors (Lipinski definition) is 0. The molecule has 3 heteroatoms. The van der Waals surface area contributed by atoms with E-state index in [-0.39, 0.29) is 0 Å². The fourth-order valence-corrected chi connectivity index (χ4v) is 2.69. The minimum atomic E-state index is 0.810. The molecule has 0 spiro atoms. The van der Waals surface area contributed by atoms with Crippen LogP contribution in [-0.4, -0.2) is 23.1 Å². The lowest BCUT2D eigenvalue weighted by Gasteiger charge is -2.34. The Kier molecular flexibility index (Phi) is 4.56. The van der Waals surface area contributed by atoms with Crippen molar-refractivity contribution in [2.75, 3.05) is 18.0 Å². The van der Waals surface area contributed by atoms with E-state index < -0.39 is 0 Å². The molecule has 1 aliphatic heterocycles. The monoisotopic (exact) mass is 247 g/mol. The Morgan fingerprint density at radius 3 is 2.44 bits per heavy atom. The van der Waals surface area contributed by atoms with Crippen LogP contribution >= 0.6 is 0 Å². The molecule has 0 radical (unpaired) electrons. The molecule has 0 amide bonds. The lowest BCUT2D eigenvalue weighted by Crippen LogP contribution is -2.35. The maximum atomic E-state index is 4.55. The summed E-state index contributed by atoms with van der Waals surface area (Å²) in [5.74, 6) is 2.75. The van der Waals surface area contributed by atoms with Crippen molar-refractivity contribution in [3.63, 3.8) is 0 Å². The summed E-state index contributed by atoms with van der Waals surface area (Å²) in [7, 11) is 0. The van der Waals surface area contributed by atoms with Crippen molar-refractivity contribution in [2.24, 2.45) is 11.8 Å². The van der Waals surface area contributed by atoms with Crippen LogP contribution in [0.25, 0.3) is 0 Å². The summed E-state index contributed by atoms with van der Waals surface area (Å²) in [4.78, 5) is 11.4. The van der Waals surface area contributed by atoms with Gasteiger partial charge in [0.15, 0.2) is 0 Å². The molecule has 0 aliphatic carbocycles. The van der Waals surface area contributed by atoms with E-state index >= 15 is 0 Å². The van der Waals surface area contributed by atoms with E-state index in [9.17, 15) is 0 Å². The Morgan fingerprint density at radius 1 is 1.22 bits per heavy atom. The molecule has 1 aromatic heterocycles. The molecule has 0 atom stereocenters. The maximum Gasteiger partial charge on any atom is 0.147 e. The lowest BCUT2D eigenvalue weighted by atomic mass is 9.87. The smallest absolute Gasteiger partial charge is 0.147 e. The lowest BCUT2D eigenvalue weighted by molar-refractivity contribution is 0.310. The molecular weight excluding hydrogens is 222 g/mol. The molecule has 0 N–H and O–H groups in total. The average Bonchev–Trinajstić information content (AvgIpc) is 2.40. The van der Waals surface area contributed by atoms with Crippen molar-refractivity contribution < 1.29 is 0 Å². The highest BCUT2D eigenvalue weighted by molar-refractivity contribution is 5.36. The molecule has 0 aromatic carbocycles. The fraction of sp³-hybridized carbons (Fsp3) is 0.733. The highest BCUT2D eigenvalue weighted by Crippen LogP contribution is 2.26. The summed E-state index contributed by atoms with van der Waals surface area (Å²) in [5.41, 5.74) is 1.11. The molecule has 1 saturated heterocycles. The predicted octanol–water partition coefficient (Wildman–Crippen LogP) is 3.30. The SMILES string of the molecule is CCCc1cnc(N2CCC(C(C)C)CC2)cn1. The van der Waals surface area contributed by atoms with Gasteiger partial charge in [-0.05, 0) is 31.1 Å². The number of hydrogen-bond acceptors (Lipinski definition) is 3. The third kappa shape index (κ3) is 3.21. The molecule has 0 bridgehead atoms. The van der Waals surface area contributed by atoms with Crippen molar-refractivity contribution in [3.05, 3.63) is 18.1 Å². The van der Waals surface area contributed by atoms with Crippen LogP contribution in [0.3, 0.4) is 0 Å². The van der Waals surface area contributed by atoms with E-state index in [2.05, 4.69) is 35.6 Å². The van der Waals surface area contributed by atoms with Gasteiger partial charge in [-0.1, -0.05) is 27.2 Å². The van der Waals surface area contributed by atoms with E-state index in [0.29, 0.717) is 0 Å². The van der Waals surface area contributed by atoms with Crippen LogP contribution in [0, 0.1) is 11.8 Å². The topological polar surface area (TPSA) is 29.0 Å². The maximum absolute atomic E-state index is 4.55. The van der Waals surface area contributed by atoms with Crippen LogP contribution < -0.4 is 4.90 Å². The highest BCUT2D eigenvalue weighted by atomic mass is 15.2. The molecule has 2 heterocycles. The van der Waals surface area contributed by atoms with Crippen LogP contribution in [0.4, 0.5) is 5.82 Å². The summed E-state index contributed by atoms with van der Waals surface area (Å²) in [5, 5.41) is 0. The minimum Gasteiger partial charge on any atom is -0.355 e. The Bertz CT molecular complexity index is 351. The van der Waals surface area contributed by atoms with Crippen molar-refractivity contribution in [2.45, 2.75) is 46.5 Å². The van der Waals surface area contributed by atoms with Gasteiger partial charge in [-0.2, -0.15) is 0 Å². The normalized spacial score (nSPS) is 17.4. The van der Waals surface area contributed by atoms with Gasteiger partial charge in [-0.25, -0.2) is 4.98 Å².